The summed E-state index contributed by atoms with van der Waals surface area (Å²) < 4.78 is 4.97. The summed E-state index contributed by atoms with van der Waals surface area (Å²) in [7, 11) is 0. The second kappa shape index (κ2) is 9.43. The summed E-state index contributed by atoms with van der Waals surface area (Å²) in [6, 6.07) is 21.9. The molecule has 0 atom stereocenters. The molecular formula is C21H16ClN3O3. The van der Waals surface area contributed by atoms with Crippen LogP contribution >= 0.6 is 11.6 Å². The number of rotatable bonds is 6. The van der Waals surface area contributed by atoms with Crippen molar-refractivity contribution in [3.8, 4) is 0 Å². The Morgan fingerprint density at radius 2 is 1.54 bits per heavy atom. The Labute approximate surface area is 166 Å². The number of halogens is 1. The number of carbonyl (C=O) groups is 2. The van der Waals surface area contributed by atoms with Gasteiger partial charge in [0.25, 0.3) is 5.91 Å². The number of nitrogens with zero attached hydrogens (tertiary/aromatic N) is 2. The molecule has 3 rings (SSSR count). The van der Waals surface area contributed by atoms with E-state index >= 15 is 0 Å². The van der Waals surface area contributed by atoms with Crippen molar-refractivity contribution in [3.63, 3.8) is 0 Å². The van der Waals surface area contributed by atoms with Gasteiger partial charge in [-0.25, -0.2) is 15.2 Å². The molecule has 1 aromatic heterocycles. The third-order valence-electron chi connectivity index (χ3n) is 3.70. The quantitative estimate of drug-likeness (QED) is 0.301. The molecule has 0 saturated carbocycles. The molecule has 0 bridgehead atoms. The molecule has 3 aromatic rings. The van der Waals surface area contributed by atoms with Crippen LogP contribution in [0.25, 0.3) is 0 Å². The molecule has 0 aliphatic carbocycles. The number of nitrogens with one attached hydrogen (secondary N) is 1. The molecule has 140 valence electrons. The van der Waals surface area contributed by atoms with Crippen molar-refractivity contribution >= 4 is 29.2 Å². The molecule has 2 aromatic carbocycles. The van der Waals surface area contributed by atoms with E-state index in [1.807, 2.05) is 60.7 Å². The topological polar surface area (TPSA) is 80.7 Å². The maximum absolute atomic E-state index is 12.1. The standard InChI is InChI=1S/C21H16ClN3O3/c22-20-17(12-7-13-23-20)21(27)28-14-18(26)24-25-19(15-8-3-1-4-9-15)16-10-5-2-6-11-16/h1-13H,14H2,(H,24,26). The van der Waals surface area contributed by atoms with Crippen molar-refractivity contribution in [2.24, 2.45) is 5.10 Å². The predicted molar refractivity (Wildman–Crippen MR) is 106 cm³/mol. The predicted octanol–water partition coefficient (Wildman–Crippen LogP) is 3.46. The number of ether oxygens (including phenoxy) is 1. The molecule has 28 heavy (non-hydrogen) atoms. The van der Waals surface area contributed by atoms with Crippen LogP contribution in [-0.2, 0) is 9.53 Å². The maximum Gasteiger partial charge on any atom is 0.341 e. The molecule has 0 aliphatic heterocycles. The summed E-state index contributed by atoms with van der Waals surface area (Å²) >= 11 is 5.84. The first-order valence-electron chi connectivity index (χ1n) is 8.40. The highest BCUT2D eigenvalue weighted by Crippen LogP contribution is 2.13. The van der Waals surface area contributed by atoms with Gasteiger partial charge in [0, 0.05) is 17.3 Å². The van der Waals surface area contributed by atoms with Gasteiger partial charge in [-0.3, -0.25) is 4.79 Å². The van der Waals surface area contributed by atoms with Crippen LogP contribution in [0.2, 0.25) is 5.15 Å². The summed E-state index contributed by atoms with van der Waals surface area (Å²) in [6.45, 7) is -0.496. The minimum absolute atomic E-state index is 0.0152. The third-order valence-corrected chi connectivity index (χ3v) is 4.00. The van der Waals surface area contributed by atoms with Gasteiger partial charge in [0.1, 0.15) is 5.15 Å². The fourth-order valence-electron chi connectivity index (χ4n) is 2.39. The van der Waals surface area contributed by atoms with Crippen LogP contribution in [0.3, 0.4) is 0 Å². The lowest BCUT2D eigenvalue weighted by Crippen LogP contribution is -2.26. The smallest absolute Gasteiger partial charge is 0.341 e. The highest BCUT2D eigenvalue weighted by molar-refractivity contribution is 6.32. The fraction of sp³-hybridized carbons (Fsp3) is 0.0476. The minimum atomic E-state index is -0.733. The average Bonchev–Trinajstić information content (AvgIpc) is 2.74. The molecule has 1 heterocycles. The lowest BCUT2D eigenvalue weighted by atomic mass is 10.0. The molecule has 0 radical (unpaired) electrons. The molecule has 7 heteroatoms. The average molecular weight is 394 g/mol. The highest BCUT2D eigenvalue weighted by Gasteiger charge is 2.14. The van der Waals surface area contributed by atoms with Gasteiger partial charge in [0.15, 0.2) is 6.61 Å². The Hall–Kier alpha value is -3.51. The Morgan fingerprint density at radius 1 is 0.929 bits per heavy atom. The van der Waals surface area contributed by atoms with E-state index in [1.165, 1.54) is 12.3 Å². The summed E-state index contributed by atoms with van der Waals surface area (Å²) in [4.78, 5) is 27.9. The number of carbonyl (C=O) groups excluding carboxylic acids is 2. The normalized spacial score (nSPS) is 10.0. The zero-order valence-corrected chi connectivity index (χ0v) is 15.5. The number of aromatic nitrogens is 1. The number of pyridine rings is 1. The van der Waals surface area contributed by atoms with E-state index < -0.39 is 18.5 Å². The first-order chi connectivity index (χ1) is 13.6. The Bertz CT molecular complexity index is 951. The molecule has 0 spiro atoms. The van der Waals surface area contributed by atoms with Crippen LogP contribution < -0.4 is 5.43 Å². The Balaban J connectivity index is 1.68. The highest BCUT2D eigenvalue weighted by atomic mass is 35.5. The number of hydrogen-bond donors (Lipinski definition) is 1. The number of amides is 1. The van der Waals surface area contributed by atoms with Gasteiger partial charge >= 0.3 is 5.97 Å². The van der Waals surface area contributed by atoms with Crippen LogP contribution in [0.5, 0.6) is 0 Å². The Kier molecular flexibility index (Phi) is 6.49. The summed E-state index contributed by atoms with van der Waals surface area (Å²) in [6.07, 6.45) is 1.45. The first kappa shape index (κ1) is 19.3. The van der Waals surface area contributed by atoms with E-state index in [-0.39, 0.29) is 10.7 Å². The van der Waals surface area contributed by atoms with Crippen molar-refractivity contribution in [2.75, 3.05) is 6.61 Å². The van der Waals surface area contributed by atoms with Gasteiger partial charge in [-0.05, 0) is 12.1 Å². The van der Waals surface area contributed by atoms with Crippen molar-refractivity contribution in [1.29, 1.82) is 0 Å². The van der Waals surface area contributed by atoms with Crippen molar-refractivity contribution in [2.45, 2.75) is 0 Å². The van der Waals surface area contributed by atoms with Gasteiger partial charge < -0.3 is 4.74 Å². The van der Waals surface area contributed by atoms with Crippen LogP contribution in [0.4, 0.5) is 0 Å². The molecule has 1 amide bonds. The second-order valence-electron chi connectivity index (χ2n) is 5.65. The van der Waals surface area contributed by atoms with Crippen molar-refractivity contribution < 1.29 is 14.3 Å². The van der Waals surface area contributed by atoms with Crippen LogP contribution in [-0.4, -0.2) is 29.2 Å². The third kappa shape index (κ3) is 5.02. The van der Waals surface area contributed by atoms with Gasteiger partial charge in [-0.1, -0.05) is 72.3 Å². The Morgan fingerprint density at radius 3 is 2.11 bits per heavy atom. The van der Waals surface area contributed by atoms with E-state index in [2.05, 4.69) is 15.5 Å². The summed E-state index contributed by atoms with van der Waals surface area (Å²) in [5, 5.41) is 4.23. The van der Waals surface area contributed by atoms with E-state index in [0.29, 0.717) is 5.71 Å². The van der Waals surface area contributed by atoms with Crippen LogP contribution in [0, 0.1) is 0 Å². The fourth-order valence-corrected chi connectivity index (χ4v) is 2.58. The van der Waals surface area contributed by atoms with Gasteiger partial charge in [-0.2, -0.15) is 5.10 Å². The van der Waals surface area contributed by atoms with Crippen LogP contribution in [0.15, 0.2) is 84.1 Å². The zero-order valence-electron chi connectivity index (χ0n) is 14.7. The largest absolute Gasteiger partial charge is 0.452 e. The minimum Gasteiger partial charge on any atom is -0.452 e. The van der Waals surface area contributed by atoms with Gasteiger partial charge in [-0.15, -0.1) is 0 Å². The molecule has 0 saturated heterocycles. The molecular weight excluding hydrogens is 378 g/mol. The lowest BCUT2D eigenvalue weighted by Gasteiger charge is -2.08. The molecule has 0 fully saturated rings. The first-order valence-corrected chi connectivity index (χ1v) is 8.78. The van der Waals surface area contributed by atoms with E-state index in [1.54, 1.807) is 6.07 Å². The summed E-state index contributed by atoms with van der Waals surface area (Å²) in [5.74, 6) is -1.30. The monoisotopic (exact) mass is 393 g/mol. The van der Waals surface area contributed by atoms with E-state index in [4.69, 9.17) is 16.3 Å². The van der Waals surface area contributed by atoms with Crippen LogP contribution in [0.1, 0.15) is 21.5 Å². The van der Waals surface area contributed by atoms with Crippen molar-refractivity contribution in [3.05, 3.63) is 101 Å². The molecule has 6 nitrogen and oxygen atoms in total. The number of hydrogen-bond acceptors (Lipinski definition) is 5. The number of esters is 1. The zero-order chi connectivity index (χ0) is 19.8. The van der Waals surface area contributed by atoms with E-state index in [0.717, 1.165) is 11.1 Å². The lowest BCUT2D eigenvalue weighted by molar-refractivity contribution is -0.124. The number of hydrazone groups is 1. The molecule has 1 N–H and O–H groups in total. The summed E-state index contributed by atoms with van der Waals surface area (Å²) in [5.41, 5.74) is 4.79. The number of benzene rings is 2. The van der Waals surface area contributed by atoms with Gasteiger partial charge in [0.05, 0.1) is 11.3 Å². The van der Waals surface area contributed by atoms with E-state index in [9.17, 15) is 9.59 Å². The van der Waals surface area contributed by atoms with Gasteiger partial charge in [0.2, 0.25) is 0 Å². The second-order valence-corrected chi connectivity index (χ2v) is 6.00. The molecule has 0 aliphatic rings. The molecule has 0 unspecified atom stereocenters. The SMILES string of the molecule is O=C(COC(=O)c1cccnc1Cl)NN=C(c1ccccc1)c1ccccc1. The van der Waals surface area contributed by atoms with Crippen molar-refractivity contribution in [1.82, 2.24) is 10.4 Å². The maximum atomic E-state index is 12.1.